The monoisotopic (exact) mass is 429 g/mol. The molecule has 7 rings (SSSR count). The first-order chi connectivity index (χ1) is 14.2. The largest absolute Gasteiger partial charge is 0.493 e. The molecule has 168 valence electrons. The number of hydrogen-bond donors (Lipinski definition) is 0. The molecule has 0 radical (unpaired) electrons. The summed E-state index contributed by atoms with van der Waals surface area (Å²) in [7, 11) is 3.39. The lowest BCUT2D eigenvalue weighted by atomic mass is 9.49. The third-order valence-corrected chi connectivity index (χ3v) is 9.25. The fourth-order valence-electron chi connectivity index (χ4n) is 8.41. The van der Waals surface area contributed by atoms with Gasteiger partial charge in [-0.3, -0.25) is 9.69 Å². The second-order valence-electron chi connectivity index (χ2n) is 9.82. The van der Waals surface area contributed by atoms with Gasteiger partial charge in [0.2, 0.25) is 0 Å². The second kappa shape index (κ2) is 6.78. The highest BCUT2D eigenvalue weighted by Gasteiger charge is 2.71. The summed E-state index contributed by atoms with van der Waals surface area (Å²) in [5, 5.41) is 0. The molecule has 3 aliphatic carbocycles. The Kier molecular flexibility index (Phi) is 4.58. The molecule has 0 amide bonds. The highest BCUT2D eigenvalue weighted by atomic mass is 16.5. The minimum Gasteiger partial charge on any atom is -0.493 e. The molecule has 31 heavy (non-hydrogen) atoms. The minimum absolute atomic E-state index is 0. The molecular weight excluding hydrogens is 398 g/mol. The molecule has 2 bridgehead atoms. The van der Waals surface area contributed by atoms with Gasteiger partial charge in [-0.2, -0.15) is 0 Å². The van der Waals surface area contributed by atoms with Crippen LogP contribution in [0.25, 0.3) is 0 Å². The van der Waals surface area contributed by atoms with Gasteiger partial charge in [-0.25, -0.2) is 0 Å². The van der Waals surface area contributed by atoms with Gasteiger partial charge in [-0.05, 0) is 60.4 Å². The first-order valence-corrected chi connectivity index (χ1v) is 11.0. The van der Waals surface area contributed by atoms with Crippen LogP contribution < -0.4 is 9.47 Å². The smallest absolute Gasteiger partial charge is 0.161 e. The Bertz CT molecular complexity index is 975. The number of ketones is 1. The number of methoxy groups -OCH3 is 2. The lowest BCUT2D eigenvalue weighted by Gasteiger charge is -2.58. The quantitative estimate of drug-likeness (QED) is 0.652. The summed E-state index contributed by atoms with van der Waals surface area (Å²) in [5.74, 6) is 3.25. The Morgan fingerprint density at radius 2 is 1.94 bits per heavy atom. The first-order valence-electron chi connectivity index (χ1n) is 11.0. The third-order valence-electron chi connectivity index (χ3n) is 9.25. The Morgan fingerprint density at radius 3 is 2.71 bits per heavy atom. The molecule has 2 saturated carbocycles. The van der Waals surface area contributed by atoms with E-state index in [4.69, 9.17) is 14.2 Å². The number of fused-ring (bicyclic) bond motifs is 2. The maximum atomic E-state index is 13.5. The van der Waals surface area contributed by atoms with Gasteiger partial charge < -0.3 is 25.2 Å². The van der Waals surface area contributed by atoms with Gasteiger partial charge in [-0.1, -0.05) is 11.6 Å². The molecule has 1 aromatic rings. The van der Waals surface area contributed by atoms with Crippen LogP contribution in [0.3, 0.4) is 0 Å². The van der Waals surface area contributed by atoms with E-state index in [0.717, 1.165) is 31.0 Å². The molecule has 3 heterocycles. The van der Waals surface area contributed by atoms with Crippen LogP contribution in [-0.2, 0) is 14.9 Å². The molecule has 7 heteroatoms. The molecule has 0 aromatic heterocycles. The number of nitrogens with zero attached hydrogens (tertiary/aromatic N) is 1. The summed E-state index contributed by atoms with van der Waals surface area (Å²) in [6, 6.07) is 4.85. The summed E-state index contributed by atoms with van der Waals surface area (Å²) < 4.78 is 17.7. The molecule has 4 fully saturated rings. The molecular formula is C24H31NO6. The molecule has 7 nitrogen and oxygen atoms in total. The van der Waals surface area contributed by atoms with Crippen molar-refractivity contribution in [3.63, 3.8) is 0 Å². The number of benzene rings is 1. The molecule has 7 atom stereocenters. The van der Waals surface area contributed by atoms with Crippen LogP contribution in [0.4, 0.5) is 0 Å². The van der Waals surface area contributed by atoms with Gasteiger partial charge in [-0.15, -0.1) is 0 Å². The van der Waals surface area contributed by atoms with Crippen LogP contribution in [0.1, 0.15) is 36.3 Å². The number of Topliss-reactive ketones (excluding diaryl/α,β-unsaturated/α-hetero) is 1. The average molecular weight is 430 g/mol. The predicted molar refractivity (Wildman–Crippen MR) is 114 cm³/mol. The summed E-state index contributed by atoms with van der Waals surface area (Å²) >= 11 is 0. The van der Waals surface area contributed by atoms with Gasteiger partial charge in [0.1, 0.15) is 5.78 Å². The van der Waals surface area contributed by atoms with Crippen molar-refractivity contribution in [2.75, 3.05) is 33.9 Å². The lowest BCUT2D eigenvalue weighted by molar-refractivity contribution is -0.142. The van der Waals surface area contributed by atoms with Crippen molar-refractivity contribution in [1.82, 2.24) is 4.90 Å². The zero-order chi connectivity index (χ0) is 19.5. The van der Waals surface area contributed by atoms with Gasteiger partial charge in [0.05, 0.1) is 26.9 Å². The molecule has 4 N–H and O–H groups in total. The van der Waals surface area contributed by atoms with Crippen molar-refractivity contribution in [2.45, 2.75) is 42.7 Å². The normalized spacial score (nSPS) is 40.7. The fourth-order valence-corrected chi connectivity index (χ4v) is 8.41. The SMILES string of the molecule is COc1cc2c(cc1OC)[C@@]13CCN4CC5=CCO[C@H]6CC(=O)C2[C@H]1[C@H]6[C@H]5C[C@H]43.O.O. The summed E-state index contributed by atoms with van der Waals surface area (Å²) in [4.78, 5) is 16.2. The van der Waals surface area contributed by atoms with E-state index in [1.807, 2.05) is 0 Å². The van der Waals surface area contributed by atoms with Crippen molar-refractivity contribution in [2.24, 2.45) is 17.8 Å². The number of ether oxygens (including phenoxy) is 3. The van der Waals surface area contributed by atoms with Crippen LogP contribution in [0.2, 0.25) is 0 Å². The summed E-state index contributed by atoms with van der Waals surface area (Å²) in [5.41, 5.74) is 4.19. The standard InChI is InChI=1S/C24H27NO4.2H2O/c1-27-17-7-14-15(9-18(17)28-2)24-4-5-25-11-12-3-6-29-19-10-16(26)21(14)23(24)22(19)13(12)8-20(24)25;;/h3,7,9,13,19-23H,4-6,8,10-11H2,1-2H3;2*1H2/t13-,19-,20-,21?,22-,23-,24+;;/m0../s1. The molecule has 6 aliphatic rings. The highest BCUT2D eigenvalue weighted by Crippen LogP contribution is 2.70. The fraction of sp³-hybridized carbons (Fsp3) is 0.625. The van der Waals surface area contributed by atoms with E-state index in [-0.39, 0.29) is 28.4 Å². The summed E-state index contributed by atoms with van der Waals surface area (Å²) in [6.07, 6.45) is 5.31. The lowest BCUT2D eigenvalue weighted by Crippen LogP contribution is -2.62. The first kappa shape index (κ1) is 20.9. The van der Waals surface area contributed by atoms with Gasteiger partial charge in [0.25, 0.3) is 0 Å². The maximum Gasteiger partial charge on any atom is 0.161 e. The minimum atomic E-state index is -0.0163. The van der Waals surface area contributed by atoms with E-state index in [1.165, 1.54) is 17.5 Å². The second-order valence-corrected chi connectivity index (χ2v) is 9.82. The van der Waals surface area contributed by atoms with Gasteiger partial charge in [0, 0.05) is 30.3 Å². The Morgan fingerprint density at radius 1 is 1.16 bits per heavy atom. The van der Waals surface area contributed by atoms with Crippen LogP contribution in [0.15, 0.2) is 23.8 Å². The Balaban J connectivity index is 0.00000102. The Labute approximate surface area is 181 Å². The number of piperidine rings is 1. The third kappa shape index (κ3) is 2.25. The topological polar surface area (TPSA) is 111 Å². The van der Waals surface area contributed by atoms with Crippen molar-refractivity contribution in [3.05, 3.63) is 34.9 Å². The van der Waals surface area contributed by atoms with E-state index in [9.17, 15) is 4.79 Å². The molecule has 1 unspecified atom stereocenters. The molecule has 3 aliphatic heterocycles. The van der Waals surface area contributed by atoms with E-state index < -0.39 is 0 Å². The van der Waals surface area contributed by atoms with Crippen molar-refractivity contribution in [3.8, 4) is 11.5 Å². The van der Waals surface area contributed by atoms with Crippen LogP contribution in [0, 0.1) is 17.8 Å². The maximum absolute atomic E-state index is 13.5. The van der Waals surface area contributed by atoms with Crippen molar-refractivity contribution >= 4 is 5.78 Å². The predicted octanol–water partition coefficient (Wildman–Crippen LogP) is 1.03. The van der Waals surface area contributed by atoms with E-state index >= 15 is 0 Å². The molecule has 1 aromatic carbocycles. The van der Waals surface area contributed by atoms with Crippen LogP contribution >= 0.6 is 0 Å². The highest BCUT2D eigenvalue weighted by molar-refractivity contribution is 5.90. The summed E-state index contributed by atoms with van der Waals surface area (Å²) in [6.45, 7) is 2.87. The number of carbonyl (C=O) groups is 1. The number of rotatable bonds is 2. The van der Waals surface area contributed by atoms with E-state index in [0.29, 0.717) is 42.6 Å². The van der Waals surface area contributed by atoms with Gasteiger partial charge in [0.15, 0.2) is 11.5 Å². The van der Waals surface area contributed by atoms with Gasteiger partial charge >= 0.3 is 0 Å². The van der Waals surface area contributed by atoms with Crippen molar-refractivity contribution < 1.29 is 30.0 Å². The Hall–Kier alpha value is -1.93. The zero-order valence-electron chi connectivity index (χ0n) is 18.0. The number of hydrogen-bond acceptors (Lipinski definition) is 5. The van der Waals surface area contributed by atoms with Crippen molar-refractivity contribution in [1.29, 1.82) is 0 Å². The number of carbonyl (C=O) groups excluding carboxylic acids is 1. The average Bonchev–Trinajstić information content (AvgIpc) is 3.20. The van der Waals surface area contributed by atoms with E-state index in [1.54, 1.807) is 19.8 Å². The van der Waals surface area contributed by atoms with Crippen LogP contribution in [0.5, 0.6) is 11.5 Å². The molecule has 1 spiro atoms. The van der Waals surface area contributed by atoms with E-state index in [2.05, 4.69) is 23.1 Å². The zero-order valence-corrected chi connectivity index (χ0v) is 18.0. The molecule has 2 saturated heterocycles. The van der Waals surface area contributed by atoms with Crippen LogP contribution in [-0.4, -0.2) is 67.7 Å².